The van der Waals surface area contributed by atoms with E-state index in [0.717, 1.165) is 5.39 Å². The number of hydrogen-bond acceptors (Lipinski definition) is 3. The van der Waals surface area contributed by atoms with Crippen LogP contribution in [0.3, 0.4) is 0 Å². The fraction of sp³-hybridized carbons (Fsp3) is 0.385. The normalized spacial score (nSPS) is 13.7. The molecule has 0 bridgehead atoms. The van der Waals surface area contributed by atoms with Gasteiger partial charge in [-0.1, -0.05) is 18.2 Å². The lowest BCUT2D eigenvalue weighted by atomic mass is 10.2. The van der Waals surface area contributed by atoms with Crippen molar-refractivity contribution in [2.45, 2.75) is 12.5 Å². The van der Waals surface area contributed by atoms with Gasteiger partial charge in [0, 0.05) is 11.9 Å². The van der Waals surface area contributed by atoms with Crippen LogP contribution >= 0.6 is 0 Å². The van der Waals surface area contributed by atoms with Crippen molar-refractivity contribution in [3.63, 3.8) is 0 Å². The molecule has 0 radical (unpaired) electrons. The Balaban J connectivity index is 2.06. The lowest BCUT2D eigenvalue weighted by molar-refractivity contribution is 0.0608. The first-order chi connectivity index (χ1) is 8.56. The maximum Gasteiger partial charge on any atom is 0.251 e. The number of benzene rings is 1. The molecule has 2 rings (SSSR count). The van der Waals surface area contributed by atoms with Crippen molar-refractivity contribution < 1.29 is 18.3 Å². The average Bonchev–Trinajstić information content (AvgIpc) is 2.71. The summed E-state index contributed by atoms with van der Waals surface area (Å²) in [6, 6.07) is 9.12. The van der Waals surface area contributed by atoms with Crippen molar-refractivity contribution in [1.29, 1.82) is 0 Å². The molecule has 0 aliphatic rings. The Morgan fingerprint density at radius 1 is 1.28 bits per heavy atom. The van der Waals surface area contributed by atoms with Crippen LogP contribution in [0.5, 0.6) is 0 Å². The van der Waals surface area contributed by atoms with Crippen molar-refractivity contribution in [2.24, 2.45) is 0 Å². The number of para-hydroxylation sites is 1. The van der Waals surface area contributed by atoms with Crippen LogP contribution in [0, 0.1) is 0 Å². The molecule has 1 heterocycles. The van der Waals surface area contributed by atoms with E-state index in [0.29, 0.717) is 11.3 Å². The molecule has 0 amide bonds. The van der Waals surface area contributed by atoms with Crippen LogP contribution in [0.2, 0.25) is 0 Å². The molecule has 0 spiro atoms. The number of hydrogen-bond donors (Lipinski definition) is 1. The van der Waals surface area contributed by atoms with E-state index >= 15 is 0 Å². The number of aliphatic hydroxyl groups excluding tert-OH is 1. The van der Waals surface area contributed by atoms with Gasteiger partial charge in [-0.05, 0) is 19.2 Å². The van der Waals surface area contributed by atoms with Crippen molar-refractivity contribution in [1.82, 2.24) is 4.90 Å². The molecule has 3 nitrogen and oxygen atoms in total. The van der Waals surface area contributed by atoms with Crippen LogP contribution in [-0.4, -0.2) is 36.6 Å². The number of nitrogens with zero attached hydrogens (tertiary/aromatic N) is 1. The topological polar surface area (TPSA) is 36.6 Å². The Morgan fingerprint density at radius 2 is 2.00 bits per heavy atom. The maximum atomic E-state index is 12.2. The first kappa shape index (κ1) is 13.0. The van der Waals surface area contributed by atoms with Gasteiger partial charge in [-0.25, -0.2) is 8.78 Å². The SMILES string of the molecule is CN(CC(F)F)CC(O)c1cc2ccccc2o1. The third-order valence-electron chi connectivity index (χ3n) is 2.71. The predicted octanol–water partition coefficient (Wildman–Crippen LogP) is 2.66. The van der Waals surface area contributed by atoms with E-state index < -0.39 is 12.5 Å². The van der Waals surface area contributed by atoms with Gasteiger partial charge in [-0.2, -0.15) is 0 Å². The molecule has 5 heteroatoms. The summed E-state index contributed by atoms with van der Waals surface area (Å²) >= 11 is 0. The molecule has 0 aliphatic heterocycles. The van der Waals surface area contributed by atoms with E-state index in [1.807, 2.05) is 18.2 Å². The third-order valence-corrected chi connectivity index (χ3v) is 2.71. The maximum absolute atomic E-state index is 12.2. The van der Waals surface area contributed by atoms with Crippen molar-refractivity contribution >= 4 is 11.0 Å². The van der Waals surface area contributed by atoms with Crippen LogP contribution in [0.25, 0.3) is 11.0 Å². The van der Waals surface area contributed by atoms with Gasteiger partial charge >= 0.3 is 0 Å². The minimum atomic E-state index is -2.40. The Labute approximate surface area is 104 Å². The minimum Gasteiger partial charge on any atom is -0.458 e. The number of likely N-dealkylation sites (N-methyl/N-ethyl adjacent to an activating group) is 1. The van der Waals surface area contributed by atoms with Crippen molar-refractivity contribution in [3.8, 4) is 0 Å². The summed E-state index contributed by atoms with van der Waals surface area (Å²) in [6.07, 6.45) is -3.31. The monoisotopic (exact) mass is 255 g/mol. The zero-order valence-corrected chi connectivity index (χ0v) is 10.0. The molecule has 18 heavy (non-hydrogen) atoms. The number of halogens is 2. The number of fused-ring (bicyclic) bond motifs is 1. The van der Waals surface area contributed by atoms with Gasteiger partial charge in [0.05, 0.1) is 6.54 Å². The Bertz CT molecular complexity index is 479. The van der Waals surface area contributed by atoms with Crippen LogP contribution in [0.1, 0.15) is 11.9 Å². The van der Waals surface area contributed by atoms with Gasteiger partial charge in [-0.15, -0.1) is 0 Å². The van der Waals surface area contributed by atoms with Crippen molar-refractivity contribution in [2.75, 3.05) is 20.1 Å². The summed E-state index contributed by atoms with van der Waals surface area (Å²) < 4.78 is 29.8. The van der Waals surface area contributed by atoms with E-state index in [9.17, 15) is 13.9 Å². The van der Waals surface area contributed by atoms with E-state index in [2.05, 4.69) is 0 Å². The lowest BCUT2D eigenvalue weighted by Gasteiger charge is -2.18. The van der Waals surface area contributed by atoms with Gasteiger partial charge < -0.3 is 9.52 Å². The van der Waals surface area contributed by atoms with Gasteiger partial charge in [0.1, 0.15) is 17.4 Å². The Hall–Kier alpha value is -1.46. The number of rotatable bonds is 5. The van der Waals surface area contributed by atoms with Crippen LogP contribution < -0.4 is 0 Å². The molecule has 98 valence electrons. The lowest BCUT2D eigenvalue weighted by Crippen LogP contribution is -2.29. The summed E-state index contributed by atoms with van der Waals surface area (Å²) in [5.74, 6) is 0.400. The van der Waals surface area contributed by atoms with Gasteiger partial charge in [0.25, 0.3) is 6.43 Å². The fourth-order valence-electron chi connectivity index (χ4n) is 1.86. The van der Waals surface area contributed by atoms with E-state index in [1.54, 1.807) is 12.1 Å². The Morgan fingerprint density at radius 3 is 2.67 bits per heavy atom. The highest BCUT2D eigenvalue weighted by molar-refractivity contribution is 5.77. The second-order valence-electron chi connectivity index (χ2n) is 4.31. The molecular weight excluding hydrogens is 240 g/mol. The molecule has 1 N–H and O–H groups in total. The minimum absolute atomic E-state index is 0.115. The highest BCUT2D eigenvalue weighted by Crippen LogP contribution is 2.24. The smallest absolute Gasteiger partial charge is 0.251 e. The van der Waals surface area contributed by atoms with Crippen LogP contribution in [0.4, 0.5) is 8.78 Å². The fourth-order valence-corrected chi connectivity index (χ4v) is 1.86. The van der Waals surface area contributed by atoms with E-state index in [1.165, 1.54) is 11.9 Å². The number of aliphatic hydroxyl groups is 1. The summed E-state index contributed by atoms with van der Waals surface area (Å²) in [5, 5.41) is 10.8. The van der Waals surface area contributed by atoms with Crippen molar-refractivity contribution in [3.05, 3.63) is 36.1 Å². The van der Waals surface area contributed by atoms with Gasteiger partial charge in [0.15, 0.2) is 0 Å². The summed E-state index contributed by atoms with van der Waals surface area (Å²) in [6.45, 7) is -0.249. The highest BCUT2D eigenvalue weighted by Gasteiger charge is 2.17. The largest absolute Gasteiger partial charge is 0.458 e. The molecular formula is C13H15F2NO2. The molecule has 1 unspecified atom stereocenters. The van der Waals surface area contributed by atoms with Crippen LogP contribution in [0.15, 0.2) is 34.7 Å². The third kappa shape index (κ3) is 3.05. The molecule has 1 aromatic heterocycles. The highest BCUT2D eigenvalue weighted by atomic mass is 19.3. The molecule has 1 atom stereocenters. The standard InChI is InChI=1S/C13H15F2NO2/c1-16(8-13(14)15)7-10(17)12-6-9-4-2-3-5-11(9)18-12/h2-6,10,13,17H,7-8H2,1H3. The predicted molar refractivity (Wildman–Crippen MR) is 64.7 cm³/mol. The van der Waals surface area contributed by atoms with E-state index in [4.69, 9.17) is 4.42 Å². The molecule has 2 aromatic rings. The molecule has 0 saturated carbocycles. The van der Waals surface area contributed by atoms with Crippen LogP contribution in [-0.2, 0) is 0 Å². The first-order valence-corrected chi connectivity index (χ1v) is 5.69. The number of alkyl halides is 2. The molecule has 1 aromatic carbocycles. The number of furan rings is 1. The summed E-state index contributed by atoms with van der Waals surface area (Å²) in [4.78, 5) is 1.38. The van der Waals surface area contributed by atoms with Gasteiger partial charge in [0.2, 0.25) is 0 Å². The zero-order valence-electron chi connectivity index (χ0n) is 10.0. The van der Waals surface area contributed by atoms with Gasteiger partial charge in [-0.3, -0.25) is 4.90 Å². The zero-order chi connectivity index (χ0) is 13.1. The summed E-state index contributed by atoms with van der Waals surface area (Å²) in [5.41, 5.74) is 0.683. The average molecular weight is 255 g/mol. The Kier molecular flexibility index (Phi) is 3.93. The molecule has 0 aliphatic carbocycles. The quantitative estimate of drug-likeness (QED) is 0.892. The van der Waals surface area contributed by atoms with E-state index in [-0.39, 0.29) is 13.1 Å². The first-order valence-electron chi connectivity index (χ1n) is 5.69. The molecule has 0 fully saturated rings. The molecule has 0 saturated heterocycles. The second-order valence-corrected chi connectivity index (χ2v) is 4.31. The summed E-state index contributed by atoms with van der Waals surface area (Å²) in [7, 11) is 1.54. The second kappa shape index (κ2) is 5.46.